The summed E-state index contributed by atoms with van der Waals surface area (Å²) in [5.41, 5.74) is 5.47. The summed E-state index contributed by atoms with van der Waals surface area (Å²) < 4.78 is 19.2. The van der Waals surface area contributed by atoms with Crippen LogP contribution in [0.3, 0.4) is 0 Å². The minimum Gasteiger partial charge on any atom is -0.371 e. The van der Waals surface area contributed by atoms with E-state index in [1.807, 2.05) is 18.6 Å². The first kappa shape index (κ1) is 16.8. The molecule has 29 heavy (non-hydrogen) atoms. The predicted octanol–water partition coefficient (Wildman–Crippen LogP) is 5.00. The van der Waals surface area contributed by atoms with Crippen LogP contribution < -0.4 is 4.90 Å². The van der Waals surface area contributed by atoms with Crippen LogP contribution in [-0.4, -0.2) is 27.2 Å². The normalized spacial score (nSPS) is 19.0. The van der Waals surface area contributed by atoms with Gasteiger partial charge in [-0.15, -0.1) is 0 Å². The molecule has 5 heteroatoms. The molecule has 4 heterocycles. The van der Waals surface area contributed by atoms with Crippen molar-refractivity contribution >= 4 is 16.6 Å². The molecular formula is C24H23FN4. The Kier molecular flexibility index (Phi) is 3.60. The number of piperidine rings is 1. The third kappa shape index (κ3) is 2.40. The summed E-state index contributed by atoms with van der Waals surface area (Å²) >= 11 is 0. The van der Waals surface area contributed by atoms with E-state index in [9.17, 15) is 4.39 Å². The largest absolute Gasteiger partial charge is 0.371 e. The molecule has 0 aliphatic carbocycles. The number of imidazole rings is 1. The minimum absolute atomic E-state index is 0.0540. The van der Waals surface area contributed by atoms with Gasteiger partial charge in [0.05, 0.1) is 24.3 Å². The van der Waals surface area contributed by atoms with Crippen LogP contribution in [0.4, 0.5) is 10.1 Å². The molecule has 0 spiro atoms. The maximum absolute atomic E-state index is 14.8. The van der Waals surface area contributed by atoms with Crippen LogP contribution in [0.2, 0.25) is 0 Å². The topological polar surface area (TPSA) is 26.0 Å². The van der Waals surface area contributed by atoms with Gasteiger partial charge in [-0.1, -0.05) is 18.2 Å². The molecule has 2 aromatic carbocycles. The SMILES string of the molecule is Cn1ccc2c(N3CCC(C4c5c(F)cccc5-c5cncn54)CC3)cccc21. The lowest BCUT2D eigenvalue weighted by molar-refractivity contribution is 0.312. The smallest absolute Gasteiger partial charge is 0.129 e. The first-order valence-electron chi connectivity index (χ1n) is 10.3. The Morgan fingerprint density at radius 3 is 2.72 bits per heavy atom. The molecule has 0 saturated carbocycles. The molecule has 0 N–H and O–H groups in total. The van der Waals surface area contributed by atoms with Crippen molar-refractivity contribution in [2.75, 3.05) is 18.0 Å². The van der Waals surface area contributed by atoms with Crippen molar-refractivity contribution < 1.29 is 4.39 Å². The van der Waals surface area contributed by atoms with E-state index in [1.54, 1.807) is 12.1 Å². The first-order valence-corrected chi connectivity index (χ1v) is 10.3. The molecule has 0 bridgehead atoms. The zero-order valence-corrected chi connectivity index (χ0v) is 16.4. The van der Waals surface area contributed by atoms with Crippen molar-refractivity contribution in [1.29, 1.82) is 0 Å². The zero-order chi connectivity index (χ0) is 19.5. The fourth-order valence-corrected chi connectivity index (χ4v) is 5.42. The van der Waals surface area contributed by atoms with Gasteiger partial charge in [-0.3, -0.25) is 0 Å². The molecule has 2 aliphatic rings. The minimum atomic E-state index is -0.0901. The molecule has 6 rings (SSSR count). The van der Waals surface area contributed by atoms with Crippen LogP contribution in [0.5, 0.6) is 0 Å². The Balaban J connectivity index is 1.31. The number of rotatable bonds is 2. The summed E-state index contributed by atoms with van der Waals surface area (Å²) in [5, 5.41) is 1.31. The Morgan fingerprint density at radius 1 is 1.03 bits per heavy atom. The van der Waals surface area contributed by atoms with E-state index in [0.29, 0.717) is 5.92 Å². The Hall–Kier alpha value is -3.08. The van der Waals surface area contributed by atoms with Gasteiger partial charge < -0.3 is 14.0 Å². The van der Waals surface area contributed by atoms with Gasteiger partial charge in [-0.05, 0) is 43.0 Å². The predicted molar refractivity (Wildman–Crippen MR) is 114 cm³/mol. The van der Waals surface area contributed by atoms with Gasteiger partial charge in [-0.2, -0.15) is 0 Å². The number of aromatic nitrogens is 3. The van der Waals surface area contributed by atoms with Crippen molar-refractivity contribution in [3.05, 3.63) is 72.6 Å². The van der Waals surface area contributed by atoms with Gasteiger partial charge in [0.2, 0.25) is 0 Å². The summed E-state index contributed by atoms with van der Waals surface area (Å²) in [7, 11) is 2.09. The molecule has 146 valence electrons. The lowest BCUT2D eigenvalue weighted by Crippen LogP contribution is -2.36. The quantitative estimate of drug-likeness (QED) is 0.485. The number of hydrogen-bond donors (Lipinski definition) is 0. The molecule has 0 amide bonds. The fraction of sp³-hybridized carbons (Fsp3) is 0.292. The first-order chi connectivity index (χ1) is 14.2. The third-order valence-electron chi connectivity index (χ3n) is 6.82. The second-order valence-corrected chi connectivity index (χ2v) is 8.29. The highest BCUT2D eigenvalue weighted by Gasteiger charge is 2.38. The number of benzene rings is 2. The standard InChI is InChI=1S/C24H23FN4/c1-27-11-10-17-20(27)6-3-7-21(17)28-12-8-16(9-13-28)24-23-18(4-2-5-19(23)25)22-14-26-15-29(22)24/h2-7,10-11,14-16,24H,8-9,12-13H2,1H3. The monoisotopic (exact) mass is 386 g/mol. The van der Waals surface area contributed by atoms with E-state index in [2.05, 4.69) is 56.5 Å². The van der Waals surface area contributed by atoms with Gasteiger partial charge in [0.25, 0.3) is 0 Å². The molecule has 4 aromatic rings. The molecule has 2 aliphatic heterocycles. The van der Waals surface area contributed by atoms with Gasteiger partial charge in [0.15, 0.2) is 0 Å². The van der Waals surface area contributed by atoms with E-state index in [0.717, 1.165) is 42.8 Å². The molecule has 2 aromatic heterocycles. The molecule has 0 radical (unpaired) electrons. The van der Waals surface area contributed by atoms with E-state index < -0.39 is 0 Å². The summed E-state index contributed by atoms with van der Waals surface area (Å²) in [6.45, 7) is 1.98. The number of anilines is 1. The molecular weight excluding hydrogens is 363 g/mol. The fourth-order valence-electron chi connectivity index (χ4n) is 5.42. The van der Waals surface area contributed by atoms with Crippen LogP contribution in [0.15, 0.2) is 61.2 Å². The van der Waals surface area contributed by atoms with Crippen LogP contribution >= 0.6 is 0 Å². The van der Waals surface area contributed by atoms with Crippen molar-refractivity contribution in [1.82, 2.24) is 14.1 Å². The summed E-state index contributed by atoms with van der Waals surface area (Å²) in [6.07, 6.45) is 7.94. The highest BCUT2D eigenvalue weighted by Crippen LogP contribution is 2.47. The molecule has 1 saturated heterocycles. The molecule has 1 fully saturated rings. The second kappa shape index (κ2) is 6.21. The van der Waals surface area contributed by atoms with Crippen LogP contribution in [0.25, 0.3) is 22.2 Å². The average Bonchev–Trinajstić information content (AvgIpc) is 3.44. The molecule has 1 unspecified atom stereocenters. The highest BCUT2D eigenvalue weighted by atomic mass is 19.1. The Bertz CT molecular complexity index is 1210. The van der Waals surface area contributed by atoms with Crippen molar-refractivity contribution in [3.8, 4) is 11.3 Å². The van der Waals surface area contributed by atoms with E-state index in [-0.39, 0.29) is 11.9 Å². The highest BCUT2D eigenvalue weighted by molar-refractivity contribution is 5.93. The number of aryl methyl sites for hydroxylation is 1. The summed E-state index contributed by atoms with van der Waals surface area (Å²) in [6, 6.07) is 14.2. The Morgan fingerprint density at radius 2 is 1.86 bits per heavy atom. The Labute approximate surface area is 169 Å². The number of hydrogen-bond acceptors (Lipinski definition) is 2. The number of fused-ring (bicyclic) bond motifs is 4. The lowest BCUT2D eigenvalue weighted by atomic mass is 9.85. The molecule has 4 nitrogen and oxygen atoms in total. The van der Waals surface area contributed by atoms with Crippen LogP contribution in [0.1, 0.15) is 24.4 Å². The van der Waals surface area contributed by atoms with Crippen LogP contribution in [0, 0.1) is 11.7 Å². The zero-order valence-electron chi connectivity index (χ0n) is 16.4. The number of halogens is 1. The van der Waals surface area contributed by atoms with Crippen molar-refractivity contribution in [2.24, 2.45) is 13.0 Å². The van der Waals surface area contributed by atoms with Crippen molar-refractivity contribution in [2.45, 2.75) is 18.9 Å². The maximum atomic E-state index is 14.8. The van der Waals surface area contributed by atoms with Crippen molar-refractivity contribution in [3.63, 3.8) is 0 Å². The lowest BCUT2D eigenvalue weighted by Gasteiger charge is -2.37. The number of nitrogens with zero attached hydrogens (tertiary/aromatic N) is 4. The van der Waals surface area contributed by atoms with E-state index in [1.165, 1.54) is 16.6 Å². The van der Waals surface area contributed by atoms with Gasteiger partial charge in [-0.25, -0.2) is 9.37 Å². The third-order valence-corrected chi connectivity index (χ3v) is 6.82. The van der Waals surface area contributed by atoms with Crippen LogP contribution in [-0.2, 0) is 7.05 Å². The summed E-state index contributed by atoms with van der Waals surface area (Å²) in [5.74, 6) is 0.319. The maximum Gasteiger partial charge on any atom is 0.129 e. The molecule has 1 atom stereocenters. The average molecular weight is 386 g/mol. The van der Waals surface area contributed by atoms with E-state index in [4.69, 9.17) is 0 Å². The van der Waals surface area contributed by atoms with E-state index >= 15 is 0 Å². The second-order valence-electron chi connectivity index (χ2n) is 8.29. The van der Waals surface area contributed by atoms with Gasteiger partial charge in [0.1, 0.15) is 5.82 Å². The summed E-state index contributed by atoms with van der Waals surface area (Å²) in [4.78, 5) is 6.84. The van der Waals surface area contributed by atoms with Gasteiger partial charge >= 0.3 is 0 Å². The van der Waals surface area contributed by atoms with Gasteiger partial charge in [0, 0.05) is 54.1 Å².